The number of para-hydroxylation sites is 1. The van der Waals surface area contributed by atoms with Crippen LogP contribution in [0.1, 0.15) is 23.7 Å². The second-order valence-electron chi connectivity index (χ2n) is 2.69. The molecule has 1 aromatic carbocycles. The van der Waals surface area contributed by atoms with Crippen molar-refractivity contribution in [1.29, 1.82) is 0 Å². The van der Waals surface area contributed by atoms with Crippen LogP contribution in [0, 0.1) is 0 Å². The molecule has 2 heteroatoms. The van der Waals surface area contributed by atoms with Gasteiger partial charge in [0.25, 0.3) is 0 Å². The van der Waals surface area contributed by atoms with E-state index in [9.17, 15) is 9.90 Å². The molecule has 0 spiro atoms. The smallest absolute Gasteiger partial charge is 0.189 e. The quantitative estimate of drug-likeness (QED) is 0.567. The van der Waals surface area contributed by atoms with Crippen LogP contribution in [0.25, 0.3) is 0 Å². The highest BCUT2D eigenvalue weighted by atomic mass is 16.3. The van der Waals surface area contributed by atoms with Crippen LogP contribution in [-0.2, 0) is 0 Å². The maximum absolute atomic E-state index is 11.4. The van der Waals surface area contributed by atoms with Gasteiger partial charge in [-0.2, -0.15) is 0 Å². The van der Waals surface area contributed by atoms with Crippen molar-refractivity contribution in [2.24, 2.45) is 0 Å². The molecule has 0 saturated carbocycles. The van der Waals surface area contributed by atoms with Gasteiger partial charge in [0.1, 0.15) is 5.75 Å². The summed E-state index contributed by atoms with van der Waals surface area (Å²) in [4.78, 5) is 11.4. The first kappa shape index (κ1) is 9.52. The number of allylic oxidation sites excluding steroid dienone is 2. The fourth-order valence-corrected chi connectivity index (χ4v) is 0.997. The molecule has 0 bridgehead atoms. The lowest BCUT2D eigenvalue weighted by molar-refractivity contribution is 0.104. The van der Waals surface area contributed by atoms with E-state index in [0.29, 0.717) is 5.56 Å². The van der Waals surface area contributed by atoms with E-state index in [2.05, 4.69) is 0 Å². The molecule has 68 valence electrons. The molecule has 0 unspecified atom stereocenters. The Kier molecular flexibility index (Phi) is 3.26. The van der Waals surface area contributed by atoms with Crippen molar-refractivity contribution in [2.45, 2.75) is 13.3 Å². The van der Waals surface area contributed by atoms with E-state index in [1.807, 2.05) is 6.92 Å². The fraction of sp³-hybridized carbons (Fsp3) is 0.182. The molecule has 0 aliphatic heterocycles. The third-order valence-electron chi connectivity index (χ3n) is 1.67. The second-order valence-corrected chi connectivity index (χ2v) is 2.69. The molecule has 0 atom stereocenters. The fourth-order valence-electron chi connectivity index (χ4n) is 0.997. The number of aromatic hydroxyl groups is 1. The van der Waals surface area contributed by atoms with E-state index >= 15 is 0 Å². The molecule has 0 fully saturated rings. The minimum Gasteiger partial charge on any atom is -0.507 e. The third-order valence-corrected chi connectivity index (χ3v) is 1.67. The molecule has 0 aromatic heterocycles. The van der Waals surface area contributed by atoms with Gasteiger partial charge in [-0.05, 0) is 24.6 Å². The van der Waals surface area contributed by atoms with Gasteiger partial charge in [0.2, 0.25) is 0 Å². The highest BCUT2D eigenvalue weighted by Crippen LogP contribution is 2.16. The van der Waals surface area contributed by atoms with E-state index in [1.54, 1.807) is 24.3 Å². The van der Waals surface area contributed by atoms with Crippen molar-refractivity contribution in [3.8, 4) is 5.75 Å². The molecule has 0 radical (unpaired) electrons. The first-order valence-corrected chi connectivity index (χ1v) is 4.24. The number of hydrogen-bond acceptors (Lipinski definition) is 2. The SMILES string of the molecule is CC/C=C/C(=O)c1ccccc1O. The topological polar surface area (TPSA) is 37.3 Å². The molecule has 13 heavy (non-hydrogen) atoms. The van der Waals surface area contributed by atoms with Crippen molar-refractivity contribution in [3.05, 3.63) is 42.0 Å². The minimum absolute atomic E-state index is 0.0354. The summed E-state index contributed by atoms with van der Waals surface area (Å²) in [7, 11) is 0. The summed E-state index contributed by atoms with van der Waals surface area (Å²) in [5, 5.41) is 9.33. The van der Waals surface area contributed by atoms with Gasteiger partial charge in [-0.1, -0.05) is 25.1 Å². The average molecular weight is 176 g/mol. The molecular weight excluding hydrogens is 164 g/mol. The lowest BCUT2D eigenvalue weighted by atomic mass is 10.1. The van der Waals surface area contributed by atoms with Gasteiger partial charge in [-0.25, -0.2) is 0 Å². The molecule has 2 nitrogen and oxygen atoms in total. The first-order chi connectivity index (χ1) is 6.25. The van der Waals surface area contributed by atoms with E-state index in [-0.39, 0.29) is 11.5 Å². The van der Waals surface area contributed by atoms with Crippen molar-refractivity contribution >= 4 is 5.78 Å². The van der Waals surface area contributed by atoms with Crippen LogP contribution in [0.2, 0.25) is 0 Å². The van der Waals surface area contributed by atoms with Crippen LogP contribution in [-0.4, -0.2) is 10.9 Å². The third kappa shape index (κ3) is 2.44. The molecule has 0 amide bonds. The Morgan fingerprint density at radius 2 is 2.15 bits per heavy atom. The number of hydrogen-bond donors (Lipinski definition) is 1. The number of ketones is 1. The predicted octanol–water partition coefficient (Wildman–Crippen LogP) is 2.54. The second kappa shape index (κ2) is 4.45. The first-order valence-electron chi connectivity index (χ1n) is 4.24. The van der Waals surface area contributed by atoms with Gasteiger partial charge in [0, 0.05) is 0 Å². The van der Waals surface area contributed by atoms with Crippen molar-refractivity contribution in [3.63, 3.8) is 0 Å². The standard InChI is InChI=1S/C11H12O2/c1-2-3-7-10(12)9-6-4-5-8-11(9)13/h3-8,13H,2H2,1H3/b7-3+. The molecular formula is C11H12O2. The maximum atomic E-state index is 11.4. The number of rotatable bonds is 3. The van der Waals surface area contributed by atoms with E-state index in [4.69, 9.17) is 0 Å². The van der Waals surface area contributed by atoms with Crippen LogP contribution in [0.3, 0.4) is 0 Å². The van der Waals surface area contributed by atoms with Crippen LogP contribution >= 0.6 is 0 Å². The average Bonchev–Trinajstić information content (AvgIpc) is 2.15. The zero-order chi connectivity index (χ0) is 9.68. The zero-order valence-corrected chi connectivity index (χ0v) is 7.53. The Hall–Kier alpha value is -1.57. The predicted molar refractivity (Wildman–Crippen MR) is 51.9 cm³/mol. The Balaban J connectivity index is 2.89. The van der Waals surface area contributed by atoms with Crippen LogP contribution in [0.15, 0.2) is 36.4 Å². The number of phenols is 1. The molecule has 1 aromatic rings. The van der Waals surface area contributed by atoms with Crippen molar-refractivity contribution < 1.29 is 9.90 Å². The summed E-state index contributed by atoms with van der Waals surface area (Å²) in [5.41, 5.74) is 0.354. The summed E-state index contributed by atoms with van der Waals surface area (Å²) < 4.78 is 0. The molecule has 1 N–H and O–H groups in total. The molecule has 0 aliphatic carbocycles. The lowest BCUT2D eigenvalue weighted by Gasteiger charge is -1.98. The van der Waals surface area contributed by atoms with Gasteiger partial charge in [0.05, 0.1) is 5.56 Å². The number of carbonyl (C=O) groups excluding carboxylic acids is 1. The summed E-state index contributed by atoms with van der Waals surface area (Å²) in [6, 6.07) is 6.53. The summed E-state index contributed by atoms with van der Waals surface area (Å²) >= 11 is 0. The number of carbonyl (C=O) groups is 1. The highest BCUT2D eigenvalue weighted by molar-refractivity contribution is 6.06. The molecule has 1 rings (SSSR count). The molecule has 0 heterocycles. The van der Waals surface area contributed by atoms with Gasteiger partial charge in [-0.3, -0.25) is 4.79 Å². The highest BCUT2D eigenvalue weighted by Gasteiger charge is 2.05. The monoisotopic (exact) mass is 176 g/mol. The molecule has 0 aliphatic rings. The van der Waals surface area contributed by atoms with Crippen molar-refractivity contribution in [2.75, 3.05) is 0 Å². The summed E-state index contributed by atoms with van der Waals surface area (Å²) in [5.74, 6) is -0.117. The Morgan fingerprint density at radius 3 is 2.77 bits per heavy atom. The minimum atomic E-state index is -0.153. The zero-order valence-electron chi connectivity index (χ0n) is 7.53. The van der Waals surface area contributed by atoms with Gasteiger partial charge in [0.15, 0.2) is 5.78 Å². The van der Waals surface area contributed by atoms with Crippen molar-refractivity contribution in [1.82, 2.24) is 0 Å². The number of benzene rings is 1. The summed E-state index contributed by atoms with van der Waals surface area (Å²) in [6.45, 7) is 1.95. The Bertz CT molecular complexity index is 327. The summed E-state index contributed by atoms with van der Waals surface area (Å²) in [6.07, 6.45) is 4.07. The molecule has 0 saturated heterocycles. The Labute approximate surface area is 77.5 Å². The Morgan fingerprint density at radius 1 is 1.46 bits per heavy atom. The van der Waals surface area contributed by atoms with Crippen LogP contribution < -0.4 is 0 Å². The van der Waals surface area contributed by atoms with E-state index in [0.717, 1.165) is 6.42 Å². The van der Waals surface area contributed by atoms with Crippen LogP contribution in [0.5, 0.6) is 5.75 Å². The largest absolute Gasteiger partial charge is 0.507 e. The van der Waals surface area contributed by atoms with Crippen LogP contribution in [0.4, 0.5) is 0 Å². The normalized spacial score (nSPS) is 10.5. The lowest BCUT2D eigenvalue weighted by Crippen LogP contribution is -1.93. The van der Waals surface area contributed by atoms with Gasteiger partial charge in [-0.15, -0.1) is 0 Å². The van der Waals surface area contributed by atoms with Gasteiger partial charge >= 0.3 is 0 Å². The van der Waals surface area contributed by atoms with Gasteiger partial charge < -0.3 is 5.11 Å². The maximum Gasteiger partial charge on any atom is 0.189 e. The van der Waals surface area contributed by atoms with E-state index in [1.165, 1.54) is 12.1 Å². The van der Waals surface area contributed by atoms with E-state index < -0.39 is 0 Å². The number of phenolic OH excluding ortho intramolecular Hbond substituents is 1.